The number of hydrogen-bond donors (Lipinski definition) is 2. The zero-order valence-electron chi connectivity index (χ0n) is 11.3. The Bertz CT molecular complexity index is 398. The second-order valence-corrected chi connectivity index (χ2v) is 4.02. The second-order valence-electron chi connectivity index (χ2n) is 4.02. The Morgan fingerprint density at radius 2 is 1.89 bits per heavy atom. The first-order valence-electron chi connectivity index (χ1n) is 6.45. The smallest absolute Gasteiger partial charge is 0.134 e. The molecule has 0 aromatic heterocycles. The molecule has 0 aromatic rings. The van der Waals surface area contributed by atoms with Gasteiger partial charge in [-0.05, 0) is 31.1 Å². The van der Waals surface area contributed by atoms with Gasteiger partial charge in [-0.1, -0.05) is 49.1 Å². The maximum absolute atomic E-state index is 9.62. The van der Waals surface area contributed by atoms with E-state index in [0.29, 0.717) is 6.42 Å². The van der Waals surface area contributed by atoms with Gasteiger partial charge in [0.15, 0.2) is 0 Å². The van der Waals surface area contributed by atoms with Crippen LogP contribution in [0.2, 0.25) is 0 Å². The van der Waals surface area contributed by atoms with Crippen LogP contribution in [0.4, 0.5) is 0 Å². The van der Waals surface area contributed by atoms with Gasteiger partial charge in [-0.15, -0.1) is 6.58 Å². The molecule has 0 saturated carbocycles. The van der Waals surface area contributed by atoms with E-state index in [2.05, 4.69) is 36.8 Å². The Morgan fingerprint density at radius 1 is 1.11 bits per heavy atom. The van der Waals surface area contributed by atoms with Crippen LogP contribution in [-0.4, -0.2) is 22.4 Å². The summed E-state index contributed by atoms with van der Waals surface area (Å²) in [4.78, 5) is 0. The summed E-state index contributed by atoms with van der Waals surface area (Å²) in [5, 5.41) is 18.7. The van der Waals surface area contributed by atoms with Crippen LogP contribution in [0.25, 0.3) is 0 Å². The third-order valence-corrected chi connectivity index (χ3v) is 2.33. The Hall–Kier alpha value is -1.74. The first-order valence-corrected chi connectivity index (χ1v) is 6.45. The Balaban J connectivity index is 3.77. The molecule has 0 heterocycles. The molecule has 102 valence electrons. The average molecular weight is 258 g/mol. The summed E-state index contributed by atoms with van der Waals surface area (Å²) in [6.07, 6.45) is 9.97. The predicted octanol–water partition coefficient (Wildman–Crippen LogP) is 2.59. The van der Waals surface area contributed by atoms with Crippen LogP contribution >= 0.6 is 0 Å². The highest BCUT2D eigenvalue weighted by Crippen LogP contribution is 2.05. The van der Waals surface area contributed by atoms with Gasteiger partial charge in [0.1, 0.15) is 6.10 Å². The summed E-state index contributed by atoms with van der Waals surface area (Å²) in [6.45, 7) is 7.05. The number of allylic oxidation sites excluding steroid dienone is 2. The largest absolute Gasteiger partial charge is 0.389 e. The highest BCUT2D eigenvalue weighted by Gasteiger charge is 1.96. The van der Waals surface area contributed by atoms with E-state index >= 15 is 0 Å². The van der Waals surface area contributed by atoms with E-state index in [-0.39, 0.29) is 0 Å². The summed E-state index contributed by atoms with van der Waals surface area (Å²) in [5.41, 5.74) is 0. The van der Waals surface area contributed by atoms with Crippen molar-refractivity contribution < 1.29 is 10.2 Å². The lowest BCUT2D eigenvalue weighted by Crippen LogP contribution is -2.01. The van der Waals surface area contributed by atoms with Crippen molar-refractivity contribution in [1.29, 1.82) is 0 Å². The van der Waals surface area contributed by atoms with E-state index in [1.807, 2.05) is 12.2 Å². The molecule has 0 saturated heterocycles. The van der Waals surface area contributed by atoms with Gasteiger partial charge in [0.25, 0.3) is 0 Å². The minimum absolute atomic E-state index is 0.403. The molecule has 0 aliphatic carbocycles. The lowest BCUT2D eigenvalue weighted by molar-refractivity contribution is 0.208. The third-order valence-electron chi connectivity index (χ3n) is 2.33. The molecule has 0 radical (unpaired) electrons. The van der Waals surface area contributed by atoms with Crippen LogP contribution in [0.1, 0.15) is 32.1 Å². The van der Waals surface area contributed by atoms with Crippen molar-refractivity contribution in [2.24, 2.45) is 0 Å². The fourth-order valence-electron chi connectivity index (χ4n) is 1.29. The van der Waals surface area contributed by atoms with Gasteiger partial charge >= 0.3 is 0 Å². The van der Waals surface area contributed by atoms with Crippen LogP contribution < -0.4 is 0 Å². The number of rotatable bonds is 8. The van der Waals surface area contributed by atoms with Gasteiger partial charge in [-0.2, -0.15) is 0 Å². The van der Waals surface area contributed by atoms with Crippen LogP contribution in [0.15, 0.2) is 37.5 Å². The van der Waals surface area contributed by atoms with Crippen molar-refractivity contribution in [3.63, 3.8) is 0 Å². The van der Waals surface area contributed by atoms with E-state index in [0.717, 1.165) is 25.7 Å². The van der Waals surface area contributed by atoms with Gasteiger partial charge in [-0.25, -0.2) is 0 Å². The maximum Gasteiger partial charge on any atom is 0.134 e. The molecule has 2 atom stereocenters. The average Bonchev–Trinajstić information content (AvgIpc) is 2.42. The maximum atomic E-state index is 9.62. The Labute approximate surface area is 116 Å². The van der Waals surface area contributed by atoms with Gasteiger partial charge in [-0.3, -0.25) is 0 Å². The van der Waals surface area contributed by atoms with Gasteiger partial charge in [0, 0.05) is 6.42 Å². The standard InChI is InChI=1S/C17H22O2/c1-3-5-6-10-14-17(19)15-12-9-7-8-11-13-16(18)4-2/h3-4,12,15-19H,1-2,5-6,9-10,14H2/b15-12+/t16-,17?/m1/s1. The zero-order valence-corrected chi connectivity index (χ0v) is 11.3. The highest BCUT2D eigenvalue weighted by molar-refractivity contribution is 5.29. The molecular formula is C17H22O2. The van der Waals surface area contributed by atoms with Crippen molar-refractivity contribution in [2.75, 3.05) is 0 Å². The molecule has 0 rings (SSSR count). The van der Waals surface area contributed by atoms with Crippen LogP contribution in [0.3, 0.4) is 0 Å². The molecule has 19 heavy (non-hydrogen) atoms. The third kappa shape index (κ3) is 12.5. The molecular weight excluding hydrogens is 236 g/mol. The molecule has 2 N–H and O–H groups in total. The van der Waals surface area contributed by atoms with Gasteiger partial charge in [0.05, 0.1) is 6.10 Å². The summed E-state index contributed by atoms with van der Waals surface area (Å²) in [6, 6.07) is 0. The summed E-state index contributed by atoms with van der Waals surface area (Å²) < 4.78 is 0. The van der Waals surface area contributed by atoms with E-state index in [9.17, 15) is 5.11 Å². The fourth-order valence-corrected chi connectivity index (χ4v) is 1.29. The first-order chi connectivity index (χ1) is 9.20. The van der Waals surface area contributed by atoms with Crippen LogP contribution in [0.5, 0.6) is 0 Å². The lowest BCUT2D eigenvalue weighted by Gasteiger charge is -2.03. The SMILES string of the molecule is C=CCCCCC(O)/C=C/CC#CC#C[C@H](O)C=C. The number of aliphatic hydroxyl groups is 2. The Morgan fingerprint density at radius 3 is 2.58 bits per heavy atom. The van der Waals surface area contributed by atoms with E-state index in [4.69, 9.17) is 5.11 Å². The Kier molecular flexibility index (Phi) is 11.5. The van der Waals surface area contributed by atoms with Crippen molar-refractivity contribution in [2.45, 2.75) is 44.3 Å². The topological polar surface area (TPSA) is 40.5 Å². The second kappa shape index (κ2) is 12.7. The summed E-state index contributed by atoms with van der Waals surface area (Å²) >= 11 is 0. The molecule has 0 spiro atoms. The molecule has 0 aliphatic heterocycles. The zero-order chi connectivity index (χ0) is 14.3. The van der Waals surface area contributed by atoms with Crippen LogP contribution in [0, 0.1) is 23.7 Å². The predicted molar refractivity (Wildman–Crippen MR) is 80.2 cm³/mol. The summed E-state index contributed by atoms with van der Waals surface area (Å²) in [7, 11) is 0. The lowest BCUT2D eigenvalue weighted by atomic mass is 10.1. The molecule has 2 nitrogen and oxygen atoms in total. The quantitative estimate of drug-likeness (QED) is 0.399. The number of unbranched alkanes of at least 4 members (excludes halogenated alkanes) is 2. The van der Waals surface area contributed by atoms with E-state index < -0.39 is 12.2 Å². The van der Waals surface area contributed by atoms with Crippen molar-refractivity contribution in [3.8, 4) is 23.7 Å². The van der Waals surface area contributed by atoms with Crippen molar-refractivity contribution >= 4 is 0 Å². The summed E-state index contributed by atoms with van der Waals surface area (Å²) in [5.74, 6) is 10.5. The molecule has 2 heteroatoms. The van der Waals surface area contributed by atoms with E-state index in [1.165, 1.54) is 6.08 Å². The molecule has 1 unspecified atom stereocenters. The molecule has 0 bridgehead atoms. The minimum atomic E-state index is -0.817. The van der Waals surface area contributed by atoms with Crippen molar-refractivity contribution in [3.05, 3.63) is 37.5 Å². The molecule has 0 fully saturated rings. The molecule has 0 aromatic carbocycles. The monoisotopic (exact) mass is 258 g/mol. The first kappa shape index (κ1) is 17.3. The number of hydrogen-bond acceptors (Lipinski definition) is 2. The fraction of sp³-hybridized carbons (Fsp3) is 0.412. The molecule has 0 amide bonds. The van der Waals surface area contributed by atoms with Gasteiger partial charge < -0.3 is 10.2 Å². The van der Waals surface area contributed by atoms with E-state index in [1.54, 1.807) is 6.08 Å². The minimum Gasteiger partial charge on any atom is -0.389 e. The molecule has 0 aliphatic rings. The number of aliphatic hydroxyl groups excluding tert-OH is 2. The van der Waals surface area contributed by atoms with Crippen LogP contribution in [-0.2, 0) is 0 Å². The normalized spacial score (nSPS) is 12.7. The van der Waals surface area contributed by atoms with Gasteiger partial charge in [0.2, 0.25) is 0 Å². The highest BCUT2D eigenvalue weighted by atomic mass is 16.3. The van der Waals surface area contributed by atoms with Crippen molar-refractivity contribution in [1.82, 2.24) is 0 Å².